The van der Waals surface area contributed by atoms with Crippen molar-refractivity contribution in [2.45, 2.75) is 38.1 Å². The predicted octanol–water partition coefficient (Wildman–Crippen LogP) is 10.1. The summed E-state index contributed by atoms with van der Waals surface area (Å²) in [5, 5.41) is 9.74. The van der Waals surface area contributed by atoms with Gasteiger partial charge in [-0.05, 0) is 104 Å². The van der Waals surface area contributed by atoms with Gasteiger partial charge in [0.05, 0.1) is 17.4 Å². The molecule has 0 saturated carbocycles. The molecule has 51 heavy (non-hydrogen) atoms. The number of rotatable bonds is 9. The van der Waals surface area contributed by atoms with E-state index >= 15 is 0 Å². The van der Waals surface area contributed by atoms with Crippen LogP contribution in [0.4, 0.5) is 8.78 Å². The summed E-state index contributed by atoms with van der Waals surface area (Å²) in [4.78, 5) is 7.41. The van der Waals surface area contributed by atoms with Crippen LogP contribution < -0.4 is 4.74 Å². The predicted molar refractivity (Wildman–Crippen MR) is 196 cm³/mol. The maximum absolute atomic E-state index is 14.8. The zero-order valence-corrected chi connectivity index (χ0v) is 28.3. The van der Waals surface area contributed by atoms with Crippen molar-refractivity contribution in [3.8, 4) is 28.6 Å². The van der Waals surface area contributed by atoms with Crippen molar-refractivity contribution in [1.82, 2.24) is 24.9 Å². The molecule has 0 amide bonds. The number of aromatic nitrogens is 4. The van der Waals surface area contributed by atoms with Gasteiger partial charge in [0.15, 0.2) is 0 Å². The quantitative estimate of drug-likeness (QED) is 0.152. The fourth-order valence-corrected chi connectivity index (χ4v) is 7.09. The molecule has 1 aliphatic heterocycles. The Balaban J connectivity index is 1.09. The summed E-state index contributed by atoms with van der Waals surface area (Å²) in [6.45, 7) is 3.79. The topological polar surface area (TPSA) is 56.1 Å². The molecule has 254 valence electrons. The van der Waals surface area contributed by atoms with Crippen LogP contribution in [0, 0.1) is 11.6 Å². The molecule has 1 saturated heterocycles. The third-order valence-electron chi connectivity index (χ3n) is 9.95. The maximum Gasteiger partial charge on any atom is 0.223 e. The molecule has 0 N–H and O–H groups in total. The van der Waals surface area contributed by atoms with Crippen LogP contribution in [0.25, 0.3) is 27.8 Å². The number of fused-ring (bicyclic) bond motifs is 1. The van der Waals surface area contributed by atoms with Gasteiger partial charge in [0.2, 0.25) is 5.88 Å². The van der Waals surface area contributed by atoms with Crippen molar-refractivity contribution in [2.75, 3.05) is 13.1 Å². The Kier molecular flexibility index (Phi) is 9.07. The molecule has 7 aromatic rings. The molecular formula is C43H37F2N5O. The zero-order valence-electron chi connectivity index (χ0n) is 28.3. The van der Waals surface area contributed by atoms with Crippen molar-refractivity contribution in [2.24, 2.45) is 0 Å². The second kappa shape index (κ2) is 14.2. The van der Waals surface area contributed by atoms with E-state index in [1.165, 1.54) is 18.2 Å². The Labute approximate surface area is 296 Å². The Morgan fingerprint density at radius 3 is 2.27 bits per heavy atom. The van der Waals surface area contributed by atoms with Gasteiger partial charge in [-0.25, -0.2) is 18.4 Å². The van der Waals surface area contributed by atoms with Gasteiger partial charge in [-0.2, -0.15) is 0 Å². The molecular weight excluding hydrogens is 641 g/mol. The van der Waals surface area contributed by atoms with E-state index in [0.717, 1.165) is 76.0 Å². The fraction of sp³-hybridized carbons (Fsp3) is 0.186. The smallest absolute Gasteiger partial charge is 0.223 e. The average Bonchev–Trinajstić information content (AvgIpc) is 3.67. The molecule has 0 spiro atoms. The van der Waals surface area contributed by atoms with Crippen LogP contribution in [0.1, 0.15) is 54.0 Å². The highest BCUT2D eigenvalue weighted by Gasteiger charge is 2.27. The molecule has 2 aromatic heterocycles. The number of hydrogen-bond acceptors (Lipinski definition) is 5. The van der Waals surface area contributed by atoms with Crippen molar-refractivity contribution in [1.29, 1.82) is 0 Å². The van der Waals surface area contributed by atoms with Gasteiger partial charge in [0.25, 0.3) is 0 Å². The zero-order chi connectivity index (χ0) is 34.7. The molecule has 1 unspecified atom stereocenters. The van der Waals surface area contributed by atoms with Gasteiger partial charge in [0, 0.05) is 34.5 Å². The molecule has 0 bridgehead atoms. The maximum atomic E-state index is 14.8. The van der Waals surface area contributed by atoms with Crippen molar-refractivity contribution >= 4 is 10.9 Å². The van der Waals surface area contributed by atoms with Crippen LogP contribution in [0.2, 0.25) is 0 Å². The van der Waals surface area contributed by atoms with Crippen LogP contribution in [0.3, 0.4) is 0 Å². The van der Waals surface area contributed by atoms with Gasteiger partial charge in [-0.15, -0.1) is 5.10 Å². The monoisotopic (exact) mass is 677 g/mol. The van der Waals surface area contributed by atoms with Crippen molar-refractivity contribution in [3.63, 3.8) is 0 Å². The molecule has 0 radical (unpaired) electrons. The first-order chi connectivity index (χ1) is 25.0. The second-order valence-corrected chi connectivity index (χ2v) is 13.2. The van der Waals surface area contributed by atoms with E-state index in [1.54, 1.807) is 16.8 Å². The number of likely N-dealkylation sites (tertiary alicyclic amines) is 1. The summed E-state index contributed by atoms with van der Waals surface area (Å²) in [5.74, 6) is 0.915. The van der Waals surface area contributed by atoms with E-state index in [-0.39, 0.29) is 17.7 Å². The summed E-state index contributed by atoms with van der Waals surface area (Å²) in [7, 11) is 0. The van der Waals surface area contributed by atoms with Crippen molar-refractivity contribution in [3.05, 3.63) is 167 Å². The Bertz CT molecular complexity index is 2270. The average molecular weight is 678 g/mol. The molecule has 1 atom stereocenters. The molecule has 8 rings (SSSR count). The minimum absolute atomic E-state index is 0.0890. The summed E-state index contributed by atoms with van der Waals surface area (Å²) in [6.07, 6.45) is 4.42. The van der Waals surface area contributed by atoms with Crippen LogP contribution in [0.5, 0.6) is 11.6 Å². The van der Waals surface area contributed by atoms with Crippen LogP contribution in [0.15, 0.2) is 134 Å². The number of hydrogen-bond donors (Lipinski definition) is 0. The first-order valence-electron chi connectivity index (χ1n) is 17.4. The lowest BCUT2D eigenvalue weighted by Crippen LogP contribution is -2.35. The van der Waals surface area contributed by atoms with Gasteiger partial charge < -0.3 is 4.74 Å². The van der Waals surface area contributed by atoms with E-state index in [1.807, 2.05) is 79.0 Å². The lowest BCUT2D eigenvalue weighted by Gasteiger charge is -2.37. The third kappa shape index (κ3) is 7.14. The highest BCUT2D eigenvalue weighted by atomic mass is 19.1. The SMILES string of the molecule is CC(c1cc(F)ccc1Oc1nc2ccc(-n3cc(-c4ccccc4)nn3)cc2cc1Cc1ccccc1)N1CCC(c2ccc(F)cc2)CC1. The van der Waals surface area contributed by atoms with E-state index in [2.05, 4.69) is 46.4 Å². The molecule has 8 heteroatoms. The van der Waals surface area contributed by atoms with Crippen LogP contribution in [-0.4, -0.2) is 38.0 Å². The molecule has 6 nitrogen and oxygen atoms in total. The van der Waals surface area contributed by atoms with Gasteiger partial charge in [0.1, 0.15) is 23.1 Å². The van der Waals surface area contributed by atoms with Crippen molar-refractivity contribution < 1.29 is 13.5 Å². The minimum Gasteiger partial charge on any atom is -0.438 e. The van der Waals surface area contributed by atoms with Crippen LogP contribution >= 0.6 is 0 Å². The number of pyridine rings is 1. The first-order valence-corrected chi connectivity index (χ1v) is 17.4. The van der Waals surface area contributed by atoms with E-state index in [4.69, 9.17) is 9.72 Å². The number of benzene rings is 5. The van der Waals surface area contributed by atoms with E-state index < -0.39 is 0 Å². The Morgan fingerprint density at radius 1 is 0.784 bits per heavy atom. The fourth-order valence-electron chi connectivity index (χ4n) is 7.09. The van der Waals surface area contributed by atoms with E-state index in [0.29, 0.717) is 24.0 Å². The third-order valence-corrected chi connectivity index (χ3v) is 9.95. The lowest BCUT2D eigenvalue weighted by molar-refractivity contribution is 0.160. The Hall–Kier alpha value is -5.73. The molecule has 1 aliphatic rings. The highest BCUT2D eigenvalue weighted by molar-refractivity contribution is 5.82. The largest absolute Gasteiger partial charge is 0.438 e. The number of piperidine rings is 1. The van der Waals surface area contributed by atoms with Gasteiger partial charge in [-0.1, -0.05) is 78.0 Å². The summed E-state index contributed by atoms with van der Waals surface area (Å²) >= 11 is 0. The molecule has 3 heterocycles. The number of halogens is 2. The minimum atomic E-state index is -0.308. The van der Waals surface area contributed by atoms with Gasteiger partial charge >= 0.3 is 0 Å². The Morgan fingerprint density at radius 2 is 1.51 bits per heavy atom. The van der Waals surface area contributed by atoms with E-state index in [9.17, 15) is 8.78 Å². The normalized spacial score (nSPS) is 14.5. The molecule has 0 aliphatic carbocycles. The standard InChI is InChI=1S/C43H37F2N5O/c1-29(49-22-20-32(21-23-49)31-12-14-36(44)15-13-31)39-27-37(45)16-19-42(39)51-43-35(24-30-8-4-2-5-9-30)25-34-26-38(17-18-40(34)46-43)50-28-41(47-48-50)33-10-6-3-7-11-33/h2-19,25-29,32H,20-24H2,1H3. The highest BCUT2D eigenvalue weighted by Crippen LogP contribution is 2.38. The summed E-state index contributed by atoms with van der Waals surface area (Å²) in [6, 6.07) is 39.8. The molecule has 1 fully saturated rings. The number of ether oxygens (including phenoxy) is 1. The summed E-state index contributed by atoms with van der Waals surface area (Å²) in [5.41, 5.74) is 7.42. The second-order valence-electron chi connectivity index (χ2n) is 13.2. The van der Waals surface area contributed by atoms with Crippen LogP contribution in [-0.2, 0) is 6.42 Å². The van der Waals surface area contributed by atoms with Gasteiger partial charge in [-0.3, -0.25) is 4.90 Å². The first kappa shape index (κ1) is 32.5. The summed E-state index contributed by atoms with van der Waals surface area (Å²) < 4.78 is 36.8. The number of nitrogens with zero attached hydrogens (tertiary/aromatic N) is 5. The molecule has 5 aromatic carbocycles. The lowest BCUT2D eigenvalue weighted by atomic mass is 9.88.